The van der Waals surface area contributed by atoms with E-state index in [0.717, 1.165) is 37.4 Å². The van der Waals surface area contributed by atoms with Crippen molar-refractivity contribution in [1.29, 1.82) is 0 Å². The molecule has 1 aliphatic rings. The highest BCUT2D eigenvalue weighted by molar-refractivity contribution is 5.88. The molecule has 8 nitrogen and oxygen atoms in total. The molecule has 1 aliphatic heterocycles. The number of amides is 2. The molecule has 0 bridgehead atoms. The van der Waals surface area contributed by atoms with Gasteiger partial charge in [-0.15, -0.1) is 0 Å². The maximum Gasteiger partial charge on any atom is 0.320 e. The lowest BCUT2D eigenvalue weighted by atomic mass is 10.1. The molecule has 1 atom stereocenters. The lowest BCUT2D eigenvalue weighted by molar-refractivity contribution is 0.181. The van der Waals surface area contributed by atoms with Gasteiger partial charge in [0, 0.05) is 37.2 Å². The zero-order valence-corrected chi connectivity index (χ0v) is 13.3. The van der Waals surface area contributed by atoms with E-state index in [1.807, 2.05) is 13.8 Å². The second-order valence-corrected chi connectivity index (χ2v) is 5.74. The van der Waals surface area contributed by atoms with Crippen molar-refractivity contribution in [1.82, 2.24) is 20.3 Å². The van der Waals surface area contributed by atoms with Gasteiger partial charge in [0.05, 0.1) is 18.5 Å². The molecule has 0 spiro atoms. The Balaban J connectivity index is 1.55. The largest absolute Gasteiger partial charge is 0.381 e. The second kappa shape index (κ2) is 6.82. The molecule has 2 aromatic rings. The Kier molecular flexibility index (Phi) is 4.61. The number of urea groups is 1. The maximum atomic E-state index is 12.1. The molecule has 0 radical (unpaired) electrons. The van der Waals surface area contributed by atoms with Gasteiger partial charge in [0.15, 0.2) is 0 Å². The van der Waals surface area contributed by atoms with Gasteiger partial charge < -0.3 is 14.6 Å². The van der Waals surface area contributed by atoms with E-state index in [1.54, 1.807) is 16.9 Å². The highest BCUT2D eigenvalue weighted by Crippen LogP contribution is 2.17. The number of aromatic nitrogens is 3. The smallest absolute Gasteiger partial charge is 0.320 e. The number of aryl methyl sites for hydroxylation is 2. The average Bonchev–Trinajstić information content (AvgIpc) is 3.24. The van der Waals surface area contributed by atoms with E-state index in [1.165, 1.54) is 0 Å². The van der Waals surface area contributed by atoms with Crippen LogP contribution >= 0.6 is 0 Å². The van der Waals surface area contributed by atoms with Gasteiger partial charge in [0.25, 0.3) is 0 Å². The standard InChI is InChI=1S/C15H21N5O3/c1-10-13(11(2)23-19-10)7-16-15(21)18-14-3-5-17-20(14)8-12-4-6-22-9-12/h3,5,12H,4,6-9H2,1-2H3,(H2,16,18,21)/t12-/m0/s1. The third-order valence-corrected chi connectivity index (χ3v) is 4.02. The van der Waals surface area contributed by atoms with E-state index in [4.69, 9.17) is 9.26 Å². The number of nitrogens with zero attached hydrogens (tertiary/aromatic N) is 3. The first kappa shape index (κ1) is 15.5. The maximum absolute atomic E-state index is 12.1. The fraction of sp³-hybridized carbons (Fsp3) is 0.533. The number of carbonyl (C=O) groups is 1. The summed E-state index contributed by atoms with van der Waals surface area (Å²) >= 11 is 0. The Morgan fingerprint density at radius 1 is 1.48 bits per heavy atom. The zero-order valence-electron chi connectivity index (χ0n) is 13.3. The Bertz CT molecular complexity index is 653. The van der Waals surface area contributed by atoms with Crippen molar-refractivity contribution in [2.45, 2.75) is 33.4 Å². The quantitative estimate of drug-likeness (QED) is 0.877. The van der Waals surface area contributed by atoms with Crippen LogP contribution in [0.5, 0.6) is 0 Å². The number of hydrogen-bond donors (Lipinski definition) is 2. The van der Waals surface area contributed by atoms with Gasteiger partial charge in [-0.3, -0.25) is 5.32 Å². The summed E-state index contributed by atoms with van der Waals surface area (Å²) in [5, 5.41) is 13.8. The normalized spacial score (nSPS) is 17.4. The molecule has 3 rings (SSSR count). The molecular formula is C15H21N5O3. The number of rotatable bonds is 5. The van der Waals surface area contributed by atoms with E-state index >= 15 is 0 Å². The van der Waals surface area contributed by atoms with Crippen LogP contribution in [0.3, 0.4) is 0 Å². The van der Waals surface area contributed by atoms with E-state index in [0.29, 0.717) is 24.0 Å². The molecule has 0 unspecified atom stereocenters. The van der Waals surface area contributed by atoms with Gasteiger partial charge in [-0.1, -0.05) is 5.16 Å². The number of nitrogens with one attached hydrogen (secondary N) is 2. The van der Waals surface area contributed by atoms with Gasteiger partial charge >= 0.3 is 6.03 Å². The summed E-state index contributed by atoms with van der Waals surface area (Å²) in [4.78, 5) is 12.1. The minimum Gasteiger partial charge on any atom is -0.381 e. The van der Waals surface area contributed by atoms with Crippen LogP contribution < -0.4 is 10.6 Å². The van der Waals surface area contributed by atoms with Crippen LogP contribution in [-0.2, 0) is 17.8 Å². The number of ether oxygens (including phenoxy) is 1. The van der Waals surface area contributed by atoms with Gasteiger partial charge in [-0.2, -0.15) is 5.10 Å². The highest BCUT2D eigenvalue weighted by atomic mass is 16.5. The molecule has 3 heterocycles. The van der Waals surface area contributed by atoms with E-state index < -0.39 is 0 Å². The molecule has 2 aromatic heterocycles. The molecule has 0 aliphatic carbocycles. The SMILES string of the molecule is Cc1noc(C)c1CNC(=O)Nc1ccnn1C[C@@H]1CCOC1. The molecule has 0 saturated carbocycles. The fourth-order valence-electron chi connectivity index (χ4n) is 2.64. The molecule has 2 N–H and O–H groups in total. The minimum absolute atomic E-state index is 0.283. The molecule has 1 saturated heterocycles. The summed E-state index contributed by atoms with van der Waals surface area (Å²) in [6.07, 6.45) is 2.71. The van der Waals surface area contributed by atoms with Crippen molar-refractivity contribution in [2.75, 3.05) is 18.5 Å². The van der Waals surface area contributed by atoms with Crippen molar-refractivity contribution >= 4 is 11.8 Å². The third kappa shape index (κ3) is 3.70. The van der Waals surface area contributed by atoms with E-state index in [-0.39, 0.29) is 6.03 Å². The van der Waals surface area contributed by atoms with Crippen molar-refractivity contribution in [3.63, 3.8) is 0 Å². The van der Waals surface area contributed by atoms with Crippen LogP contribution in [0.1, 0.15) is 23.4 Å². The van der Waals surface area contributed by atoms with Crippen molar-refractivity contribution in [3.8, 4) is 0 Å². The highest BCUT2D eigenvalue weighted by Gasteiger charge is 2.18. The fourth-order valence-corrected chi connectivity index (χ4v) is 2.64. The number of anilines is 1. The van der Waals surface area contributed by atoms with Crippen LogP contribution in [-0.4, -0.2) is 34.2 Å². The molecule has 124 valence electrons. The molecule has 0 aromatic carbocycles. The monoisotopic (exact) mass is 319 g/mol. The van der Waals surface area contributed by atoms with Gasteiger partial charge in [0.1, 0.15) is 11.6 Å². The van der Waals surface area contributed by atoms with Crippen LogP contribution in [0.15, 0.2) is 16.8 Å². The number of carbonyl (C=O) groups excluding carboxylic acids is 1. The predicted molar refractivity (Wildman–Crippen MR) is 83.0 cm³/mol. The first-order valence-electron chi connectivity index (χ1n) is 7.69. The summed E-state index contributed by atoms with van der Waals surface area (Å²) in [5.74, 6) is 1.84. The summed E-state index contributed by atoms with van der Waals surface area (Å²) in [5.41, 5.74) is 1.69. The lowest BCUT2D eigenvalue weighted by Gasteiger charge is -2.12. The van der Waals surface area contributed by atoms with Crippen LogP contribution in [0.2, 0.25) is 0 Å². The Labute approximate surface area is 134 Å². The van der Waals surface area contributed by atoms with Gasteiger partial charge in [-0.25, -0.2) is 9.48 Å². The first-order valence-corrected chi connectivity index (χ1v) is 7.69. The van der Waals surface area contributed by atoms with Crippen LogP contribution in [0.25, 0.3) is 0 Å². The molecule has 1 fully saturated rings. The van der Waals surface area contributed by atoms with Gasteiger partial charge in [-0.05, 0) is 20.3 Å². The van der Waals surface area contributed by atoms with Crippen molar-refractivity contribution in [2.24, 2.45) is 5.92 Å². The number of hydrogen-bond acceptors (Lipinski definition) is 5. The summed E-state index contributed by atoms with van der Waals surface area (Å²) in [7, 11) is 0. The lowest BCUT2D eigenvalue weighted by Crippen LogP contribution is -2.30. The molecule has 8 heteroatoms. The predicted octanol–water partition coefficient (Wildman–Crippen LogP) is 1.85. The minimum atomic E-state index is -0.283. The molecule has 2 amide bonds. The summed E-state index contributed by atoms with van der Waals surface area (Å²) < 4.78 is 12.3. The third-order valence-electron chi connectivity index (χ3n) is 4.02. The summed E-state index contributed by atoms with van der Waals surface area (Å²) in [6, 6.07) is 1.50. The average molecular weight is 319 g/mol. The summed E-state index contributed by atoms with van der Waals surface area (Å²) in [6.45, 7) is 6.34. The van der Waals surface area contributed by atoms with Gasteiger partial charge in [0.2, 0.25) is 0 Å². The van der Waals surface area contributed by atoms with Crippen molar-refractivity contribution < 1.29 is 14.1 Å². The topological polar surface area (TPSA) is 94.2 Å². The van der Waals surface area contributed by atoms with Crippen molar-refractivity contribution in [3.05, 3.63) is 29.3 Å². The second-order valence-electron chi connectivity index (χ2n) is 5.74. The van der Waals surface area contributed by atoms with E-state index in [9.17, 15) is 4.79 Å². The Morgan fingerprint density at radius 2 is 2.35 bits per heavy atom. The van der Waals surface area contributed by atoms with Crippen LogP contribution in [0.4, 0.5) is 10.6 Å². The first-order chi connectivity index (χ1) is 11.1. The molecular weight excluding hydrogens is 298 g/mol. The van der Waals surface area contributed by atoms with Crippen LogP contribution in [0, 0.1) is 19.8 Å². The van der Waals surface area contributed by atoms with E-state index in [2.05, 4.69) is 20.9 Å². The Morgan fingerprint density at radius 3 is 3.04 bits per heavy atom. The zero-order chi connectivity index (χ0) is 16.2. The molecule has 23 heavy (non-hydrogen) atoms. The Hall–Kier alpha value is -2.35.